The quantitative estimate of drug-likeness (QED) is 0.776. The number of carbonyl (C=O) groups excluding carboxylic acids is 1. The van der Waals surface area contributed by atoms with Crippen LogP contribution in [0.25, 0.3) is 10.9 Å². The summed E-state index contributed by atoms with van der Waals surface area (Å²) in [5.74, 6) is -0.0957. The monoisotopic (exact) mass is 268 g/mol. The Hall–Kier alpha value is -2.08. The van der Waals surface area contributed by atoms with Crippen molar-refractivity contribution >= 4 is 16.7 Å². The molecule has 0 unspecified atom stereocenters. The molecule has 0 aliphatic heterocycles. The van der Waals surface area contributed by atoms with Gasteiger partial charge in [-0.05, 0) is 30.0 Å². The molecular formula is C17H20N2O. The van der Waals surface area contributed by atoms with E-state index in [1.165, 1.54) is 5.56 Å². The average molecular weight is 268 g/mol. The molecule has 0 aliphatic carbocycles. The molecule has 0 saturated carbocycles. The summed E-state index contributed by atoms with van der Waals surface area (Å²) in [7, 11) is 1.96. The number of rotatable bonds is 2. The van der Waals surface area contributed by atoms with Gasteiger partial charge >= 0.3 is 0 Å². The Labute approximate surface area is 119 Å². The van der Waals surface area contributed by atoms with Crippen molar-refractivity contribution in [2.24, 2.45) is 7.05 Å². The van der Waals surface area contributed by atoms with Crippen LogP contribution in [0.15, 0.2) is 18.2 Å². The lowest BCUT2D eigenvalue weighted by Crippen LogP contribution is -2.10. The van der Waals surface area contributed by atoms with Gasteiger partial charge in [0.2, 0.25) is 0 Å². The number of Topliss-reactive ketones (excluding diaryl/α,β-unsaturated/α-hetero) is 1. The van der Waals surface area contributed by atoms with Crippen LogP contribution in [0.5, 0.6) is 0 Å². The van der Waals surface area contributed by atoms with Crippen LogP contribution < -0.4 is 0 Å². The second-order valence-electron chi connectivity index (χ2n) is 6.26. The molecule has 2 aromatic rings. The number of hydrogen-bond donors (Lipinski definition) is 0. The van der Waals surface area contributed by atoms with Crippen molar-refractivity contribution < 1.29 is 4.79 Å². The third-order valence-corrected chi connectivity index (χ3v) is 3.88. The van der Waals surface area contributed by atoms with Gasteiger partial charge in [0.15, 0.2) is 5.78 Å². The van der Waals surface area contributed by atoms with Gasteiger partial charge in [-0.25, -0.2) is 0 Å². The van der Waals surface area contributed by atoms with E-state index in [0.717, 1.165) is 16.6 Å². The number of hydrogen-bond acceptors (Lipinski definition) is 2. The molecule has 0 N–H and O–H groups in total. The lowest BCUT2D eigenvalue weighted by molar-refractivity contribution is 0.0998. The van der Waals surface area contributed by atoms with Crippen LogP contribution in [0.3, 0.4) is 0 Å². The van der Waals surface area contributed by atoms with Gasteiger partial charge in [0.1, 0.15) is 0 Å². The van der Waals surface area contributed by atoms with Gasteiger partial charge in [-0.3, -0.25) is 4.79 Å². The molecule has 0 amide bonds. The number of nitrogens with zero attached hydrogens (tertiary/aromatic N) is 2. The molecule has 1 aromatic heterocycles. The van der Waals surface area contributed by atoms with E-state index in [0.29, 0.717) is 5.56 Å². The van der Waals surface area contributed by atoms with Crippen molar-refractivity contribution in [1.29, 1.82) is 5.26 Å². The SMILES string of the molecule is Cc1c(C(=O)CC#N)c2cc(C(C)(C)C)ccc2n1C. The van der Waals surface area contributed by atoms with E-state index in [9.17, 15) is 4.79 Å². The van der Waals surface area contributed by atoms with Gasteiger partial charge in [-0.1, -0.05) is 26.8 Å². The molecule has 0 bridgehead atoms. The minimum absolute atomic E-state index is 0.0352. The average Bonchev–Trinajstić information content (AvgIpc) is 2.61. The summed E-state index contributed by atoms with van der Waals surface area (Å²) in [4.78, 5) is 12.2. The zero-order chi connectivity index (χ0) is 15.1. The molecular weight excluding hydrogens is 248 g/mol. The maximum atomic E-state index is 12.2. The van der Waals surface area contributed by atoms with Crippen LogP contribution in [0.4, 0.5) is 0 Å². The maximum absolute atomic E-state index is 12.2. The first-order chi connectivity index (χ1) is 9.27. The third kappa shape index (κ3) is 2.22. The molecule has 0 radical (unpaired) electrons. The summed E-state index contributed by atoms with van der Waals surface area (Å²) in [5.41, 5.74) is 3.88. The summed E-state index contributed by atoms with van der Waals surface area (Å²) in [6.45, 7) is 8.39. The molecule has 2 rings (SSSR count). The van der Waals surface area contributed by atoms with E-state index in [1.807, 2.05) is 24.6 Å². The lowest BCUT2D eigenvalue weighted by Gasteiger charge is -2.19. The first-order valence-corrected chi connectivity index (χ1v) is 6.77. The third-order valence-electron chi connectivity index (χ3n) is 3.88. The molecule has 20 heavy (non-hydrogen) atoms. The van der Waals surface area contributed by atoms with Crippen LogP contribution in [-0.4, -0.2) is 10.4 Å². The normalized spacial score (nSPS) is 11.6. The Balaban J connectivity index is 2.76. The van der Waals surface area contributed by atoms with E-state index in [2.05, 4.69) is 39.0 Å². The highest BCUT2D eigenvalue weighted by Gasteiger charge is 2.21. The lowest BCUT2D eigenvalue weighted by atomic mass is 9.86. The zero-order valence-electron chi connectivity index (χ0n) is 12.7. The molecule has 0 aliphatic rings. The molecule has 0 fully saturated rings. The highest BCUT2D eigenvalue weighted by molar-refractivity contribution is 6.10. The van der Waals surface area contributed by atoms with Crippen molar-refractivity contribution in [2.75, 3.05) is 0 Å². The summed E-state index contributed by atoms with van der Waals surface area (Å²) < 4.78 is 2.02. The van der Waals surface area contributed by atoms with Gasteiger partial charge in [-0.2, -0.15) is 5.26 Å². The van der Waals surface area contributed by atoms with Crippen LogP contribution in [0, 0.1) is 18.3 Å². The first kappa shape index (κ1) is 14.3. The van der Waals surface area contributed by atoms with E-state index in [-0.39, 0.29) is 17.6 Å². The van der Waals surface area contributed by atoms with E-state index < -0.39 is 0 Å². The molecule has 3 heteroatoms. The van der Waals surface area contributed by atoms with Crippen LogP contribution in [0.1, 0.15) is 48.8 Å². The number of ketones is 1. The summed E-state index contributed by atoms with van der Waals surface area (Å²) >= 11 is 0. The van der Waals surface area contributed by atoms with E-state index in [4.69, 9.17) is 5.26 Å². The van der Waals surface area contributed by atoms with Gasteiger partial charge in [-0.15, -0.1) is 0 Å². The Morgan fingerprint density at radius 1 is 1.35 bits per heavy atom. The van der Waals surface area contributed by atoms with Gasteiger partial charge in [0.05, 0.1) is 12.5 Å². The fourth-order valence-corrected chi connectivity index (χ4v) is 2.55. The topological polar surface area (TPSA) is 45.8 Å². The molecule has 0 spiro atoms. The molecule has 0 saturated heterocycles. The first-order valence-electron chi connectivity index (χ1n) is 6.77. The number of benzene rings is 1. The number of fused-ring (bicyclic) bond motifs is 1. The van der Waals surface area contributed by atoms with Crippen molar-refractivity contribution in [1.82, 2.24) is 4.57 Å². The fraction of sp³-hybridized carbons (Fsp3) is 0.412. The van der Waals surface area contributed by atoms with E-state index >= 15 is 0 Å². The summed E-state index contributed by atoms with van der Waals surface area (Å²) in [6, 6.07) is 8.22. The Morgan fingerprint density at radius 2 is 2.00 bits per heavy atom. The molecule has 3 nitrogen and oxygen atoms in total. The van der Waals surface area contributed by atoms with Crippen molar-refractivity contribution in [3.63, 3.8) is 0 Å². The number of aromatic nitrogens is 1. The number of aryl methyl sites for hydroxylation is 1. The predicted molar refractivity (Wildman–Crippen MR) is 80.9 cm³/mol. The highest BCUT2D eigenvalue weighted by Crippen LogP contribution is 2.31. The van der Waals surface area contributed by atoms with Crippen molar-refractivity contribution in [3.05, 3.63) is 35.0 Å². The maximum Gasteiger partial charge on any atom is 0.179 e. The predicted octanol–water partition coefficient (Wildman–Crippen LogP) is 3.88. The van der Waals surface area contributed by atoms with Gasteiger partial charge in [0.25, 0.3) is 0 Å². The fourth-order valence-electron chi connectivity index (χ4n) is 2.55. The zero-order valence-corrected chi connectivity index (χ0v) is 12.7. The number of nitriles is 1. The van der Waals surface area contributed by atoms with Crippen LogP contribution in [-0.2, 0) is 12.5 Å². The van der Waals surface area contributed by atoms with Gasteiger partial charge in [0, 0.05) is 29.2 Å². The van der Waals surface area contributed by atoms with Gasteiger partial charge < -0.3 is 4.57 Å². The molecule has 0 atom stereocenters. The molecule has 1 heterocycles. The summed E-state index contributed by atoms with van der Waals surface area (Å²) in [5, 5.41) is 9.73. The second kappa shape index (κ2) is 4.79. The van der Waals surface area contributed by atoms with Crippen LogP contribution in [0.2, 0.25) is 0 Å². The largest absolute Gasteiger partial charge is 0.347 e. The van der Waals surface area contributed by atoms with E-state index in [1.54, 1.807) is 0 Å². The van der Waals surface area contributed by atoms with Crippen LogP contribution >= 0.6 is 0 Å². The highest BCUT2D eigenvalue weighted by atomic mass is 16.1. The Kier molecular flexibility index (Phi) is 3.43. The molecule has 1 aromatic carbocycles. The smallest absolute Gasteiger partial charge is 0.179 e. The standard InChI is InChI=1S/C17H20N2O/c1-11-16(15(20)8-9-18)13-10-12(17(2,3)4)6-7-14(13)19(11)5/h6-7,10H,8H2,1-5H3. The molecule has 104 valence electrons. The van der Waals surface area contributed by atoms with Crippen molar-refractivity contribution in [3.8, 4) is 6.07 Å². The van der Waals surface area contributed by atoms with Crippen molar-refractivity contribution in [2.45, 2.75) is 39.5 Å². The minimum Gasteiger partial charge on any atom is -0.347 e. The Morgan fingerprint density at radius 3 is 2.55 bits per heavy atom. The number of carbonyl (C=O) groups is 1. The minimum atomic E-state index is -0.0957. The second-order valence-corrected chi connectivity index (χ2v) is 6.26. The summed E-state index contributed by atoms with van der Waals surface area (Å²) in [6.07, 6.45) is -0.0697. The Bertz CT molecular complexity index is 724.